The largest absolute Gasteiger partial charge is 0.454 e. The van der Waals surface area contributed by atoms with Crippen LogP contribution in [0.3, 0.4) is 0 Å². The van der Waals surface area contributed by atoms with E-state index in [2.05, 4.69) is 0 Å². The Hall–Kier alpha value is -3.48. The van der Waals surface area contributed by atoms with Crippen LogP contribution in [0.5, 0.6) is 0 Å². The molecule has 0 unspecified atom stereocenters. The highest BCUT2D eigenvalue weighted by atomic mass is 35.5. The Kier molecular flexibility index (Phi) is 7.76. The normalized spacial score (nSPS) is 10.3. The van der Waals surface area contributed by atoms with Crippen LogP contribution in [-0.2, 0) is 9.47 Å². The fourth-order valence-electron chi connectivity index (χ4n) is 2.61. The summed E-state index contributed by atoms with van der Waals surface area (Å²) in [5.41, 5.74) is 1.05. The molecule has 0 aliphatic carbocycles. The number of benzene rings is 3. The highest BCUT2D eigenvalue weighted by Gasteiger charge is 2.15. The Morgan fingerprint density at radius 2 is 0.781 bits per heavy atom. The number of Topliss-reactive ketones (excluding diaryl/α,β-unsaturated/α-hetero) is 2. The summed E-state index contributed by atoms with van der Waals surface area (Å²) in [6.45, 7) is -0.867. The molecule has 0 atom stereocenters. The van der Waals surface area contributed by atoms with Gasteiger partial charge in [-0.3, -0.25) is 9.59 Å². The molecule has 0 N–H and O–H groups in total. The first-order valence-corrected chi connectivity index (χ1v) is 10.1. The van der Waals surface area contributed by atoms with Crippen molar-refractivity contribution in [2.24, 2.45) is 0 Å². The van der Waals surface area contributed by atoms with Crippen LogP contribution in [0.25, 0.3) is 0 Å². The van der Waals surface area contributed by atoms with Crippen LogP contribution in [0, 0.1) is 0 Å². The number of esters is 2. The third-order valence-corrected chi connectivity index (χ3v) is 4.86. The lowest BCUT2D eigenvalue weighted by molar-refractivity contribution is 0.0467. The number of rotatable bonds is 8. The van der Waals surface area contributed by atoms with Gasteiger partial charge in [-0.05, 0) is 72.8 Å². The van der Waals surface area contributed by atoms with E-state index >= 15 is 0 Å². The smallest absolute Gasteiger partial charge is 0.338 e. The minimum absolute atomic E-state index is 0.155. The van der Waals surface area contributed by atoms with Crippen molar-refractivity contribution in [1.29, 1.82) is 0 Å². The van der Waals surface area contributed by atoms with Crippen molar-refractivity contribution < 1.29 is 28.7 Å². The molecule has 0 aromatic heterocycles. The number of ketones is 2. The van der Waals surface area contributed by atoms with Gasteiger partial charge in [0.05, 0.1) is 11.1 Å². The van der Waals surface area contributed by atoms with E-state index in [0.717, 1.165) is 0 Å². The summed E-state index contributed by atoms with van der Waals surface area (Å²) in [6, 6.07) is 17.9. The number of hydrogen-bond donors (Lipinski definition) is 0. The average molecular weight is 471 g/mol. The van der Waals surface area contributed by atoms with Crippen molar-refractivity contribution in [3.8, 4) is 0 Å². The molecule has 0 fully saturated rings. The van der Waals surface area contributed by atoms with E-state index in [1.54, 1.807) is 24.3 Å². The molecule has 162 valence electrons. The molecule has 3 aromatic carbocycles. The van der Waals surface area contributed by atoms with E-state index in [-0.39, 0.29) is 22.7 Å². The van der Waals surface area contributed by atoms with Crippen LogP contribution in [-0.4, -0.2) is 36.7 Å². The first-order chi connectivity index (χ1) is 15.3. The molecule has 0 bridgehead atoms. The maximum Gasteiger partial charge on any atom is 0.338 e. The maximum absolute atomic E-state index is 12.1. The van der Waals surface area contributed by atoms with Crippen molar-refractivity contribution in [3.63, 3.8) is 0 Å². The van der Waals surface area contributed by atoms with E-state index in [4.69, 9.17) is 32.7 Å². The van der Waals surface area contributed by atoms with Gasteiger partial charge in [0.15, 0.2) is 24.8 Å². The summed E-state index contributed by atoms with van der Waals surface area (Å²) in [5.74, 6) is -2.18. The molecule has 32 heavy (non-hydrogen) atoms. The Balaban J connectivity index is 1.51. The molecule has 8 heteroatoms. The molecule has 0 amide bonds. The van der Waals surface area contributed by atoms with E-state index in [0.29, 0.717) is 21.2 Å². The number of carbonyl (C=O) groups is 4. The standard InChI is InChI=1S/C24H16Cl2O6/c25-19-9-5-15(6-10-19)21(27)13-31-23(29)17-1-2-18(4-3-17)24(30)32-14-22(28)16-7-11-20(26)12-8-16/h1-12H,13-14H2. The lowest BCUT2D eigenvalue weighted by Gasteiger charge is -2.07. The molecule has 0 aliphatic heterocycles. The summed E-state index contributed by atoms with van der Waals surface area (Å²) in [5, 5.41) is 0.984. The van der Waals surface area contributed by atoms with Crippen LogP contribution in [0.2, 0.25) is 10.0 Å². The van der Waals surface area contributed by atoms with E-state index < -0.39 is 25.2 Å². The lowest BCUT2D eigenvalue weighted by Crippen LogP contribution is -2.15. The highest BCUT2D eigenvalue weighted by molar-refractivity contribution is 6.31. The molecule has 0 radical (unpaired) electrons. The van der Waals surface area contributed by atoms with E-state index in [1.165, 1.54) is 48.5 Å². The first-order valence-electron chi connectivity index (χ1n) is 9.35. The van der Waals surface area contributed by atoms with Crippen LogP contribution in [0.15, 0.2) is 72.8 Å². The Bertz CT molecular complexity index is 1040. The fourth-order valence-corrected chi connectivity index (χ4v) is 2.86. The van der Waals surface area contributed by atoms with Crippen LogP contribution >= 0.6 is 23.2 Å². The summed E-state index contributed by atoms with van der Waals surface area (Å²) >= 11 is 11.6. The molecule has 0 heterocycles. The van der Waals surface area contributed by atoms with Crippen molar-refractivity contribution in [2.75, 3.05) is 13.2 Å². The van der Waals surface area contributed by atoms with Gasteiger partial charge >= 0.3 is 11.9 Å². The lowest BCUT2D eigenvalue weighted by atomic mass is 10.1. The second kappa shape index (κ2) is 10.7. The highest BCUT2D eigenvalue weighted by Crippen LogP contribution is 2.13. The van der Waals surface area contributed by atoms with Gasteiger partial charge in [-0.25, -0.2) is 9.59 Å². The molecular formula is C24H16Cl2O6. The predicted octanol–water partition coefficient (Wildman–Crippen LogP) is 5.07. The van der Waals surface area contributed by atoms with Gasteiger partial charge in [-0.1, -0.05) is 23.2 Å². The third-order valence-electron chi connectivity index (χ3n) is 4.36. The van der Waals surface area contributed by atoms with Gasteiger partial charge in [0.2, 0.25) is 0 Å². The topological polar surface area (TPSA) is 86.7 Å². The molecule has 0 spiro atoms. The Morgan fingerprint density at radius 1 is 0.500 bits per heavy atom. The number of ether oxygens (including phenoxy) is 2. The maximum atomic E-state index is 12.1. The quantitative estimate of drug-likeness (QED) is 0.337. The molecule has 0 saturated heterocycles. The van der Waals surface area contributed by atoms with Crippen LogP contribution in [0.1, 0.15) is 41.4 Å². The van der Waals surface area contributed by atoms with Gasteiger partial charge in [0.1, 0.15) is 0 Å². The zero-order chi connectivity index (χ0) is 23.1. The molecular weight excluding hydrogens is 455 g/mol. The van der Waals surface area contributed by atoms with Crippen molar-refractivity contribution in [1.82, 2.24) is 0 Å². The second-order valence-electron chi connectivity index (χ2n) is 6.59. The SMILES string of the molecule is O=C(COC(=O)c1ccc(C(=O)OCC(=O)c2ccc(Cl)cc2)cc1)c1ccc(Cl)cc1. The number of carbonyl (C=O) groups excluding carboxylic acids is 4. The van der Waals surface area contributed by atoms with Crippen LogP contribution in [0.4, 0.5) is 0 Å². The predicted molar refractivity (Wildman–Crippen MR) is 119 cm³/mol. The monoisotopic (exact) mass is 470 g/mol. The van der Waals surface area contributed by atoms with Crippen LogP contribution < -0.4 is 0 Å². The van der Waals surface area contributed by atoms with Gasteiger partial charge in [0, 0.05) is 21.2 Å². The van der Waals surface area contributed by atoms with Crippen molar-refractivity contribution >= 4 is 46.7 Å². The summed E-state index contributed by atoms with van der Waals surface area (Å²) in [6.07, 6.45) is 0. The number of halogens is 2. The van der Waals surface area contributed by atoms with Gasteiger partial charge < -0.3 is 9.47 Å². The molecule has 3 rings (SSSR count). The summed E-state index contributed by atoms with van der Waals surface area (Å²) in [4.78, 5) is 48.4. The Morgan fingerprint density at radius 3 is 1.09 bits per heavy atom. The second-order valence-corrected chi connectivity index (χ2v) is 7.46. The van der Waals surface area contributed by atoms with Crippen molar-refractivity contribution in [2.45, 2.75) is 0 Å². The molecule has 6 nitrogen and oxygen atoms in total. The van der Waals surface area contributed by atoms with Gasteiger partial charge in [-0.2, -0.15) is 0 Å². The average Bonchev–Trinajstić information content (AvgIpc) is 2.81. The fraction of sp³-hybridized carbons (Fsp3) is 0.0833. The minimum Gasteiger partial charge on any atom is -0.454 e. The van der Waals surface area contributed by atoms with Gasteiger partial charge in [0.25, 0.3) is 0 Å². The van der Waals surface area contributed by atoms with Gasteiger partial charge in [-0.15, -0.1) is 0 Å². The third kappa shape index (κ3) is 6.26. The molecule has 3 aromatic rings. The van der Waals surface area contributed by atoms with E-state index in [1.807, 2.05) is 0 Å². The Labute approximate surface area is 193 Å². The minimum atomic E-state index is -0.717. The zero-order valence-electron chi connectivity index (χ0n) is 16.5. The molecule has 0 saturated carbocycles. The van der Waals surface area contributed by atoms with Crippen molar-refractivity contribution in [3.05, 3.63) is 105 Å². The zero-order valence-corrected chi connectivity index (χ0v) is 18.1. The first kappa shape index (κ1) is 23.2. The number of hydrogen-bond acceptors (Lipinski definition) is 6. The molecule has 0 aliphatic rings. The summed E-state index contributed by atoms with van der Waals surface area (Å²) < 4.78 is 10.0. The summed E-state index contributed by atoms with van der Waals surface area (Å²) in [7, 11) is 0. The van der Waals surface area contributed by atoms with E-state index in [9.17, 15) is 19.2 Å².